The summed E-state index contributed by atoms with van der Waals surface area (Å²) in [5.41, 5.74) is 5.71. The number of halogens is 1. The van der Waals surface area contributed by atoms with Gasteiger partial charge in [-0.2, -0.15) is 0 Å². The van der Waals surface area contributed by atoms with Crippen molar-refractivity contribution in [3.63, 3.8) is 0 Å². The Morgan fingerprint density at radius 2 is 1.85 bits per heavy atom. The maximum absolute atomic E-state index is 13.8. The van der Waals surface area contributed by atoms with Crippen LogP contribution < -0.4 is 10.5 Å². The van der Waals surface area contributed by atoms with Crippen LogP contribution in [0.3, 0.4) is 0 Å². The Kier molecular flexibility index (Phi) is 3.95. The standard InChI is InChI=1S/C14H13FN2O3/c1-9(16)14-10(15)5-4-8-13(14)20-12-7-3-2-6-11(12)17(18)19/h2-9H,16H2,1H3/t9-/m0/s1. The van der Waals surface area contributed by atoms with E-state index in [4.69, 9.17) is 10.5 Å². The lowest BCUT2D eigenvalue weighted by Gasteiger charge is -2.14. The molecule has 0 fully saturated rings. The van der Waals surface area contributed by atoms with E-state index in [-0.39, 0.29) is 22.7 Å². The Balaban J connectivity index is 2.46. The van der Waals surface area contributed by atoms with Gasteiger partial charge < -0.3 is 10.5 Å². The number of nitrogens with zero attached hydrogens (tertiary/aromatic N) is 1. The van der Waals surface area contributed by atoms with Crippen molar-refractivity contribution in [2.75, 3.05) is 0 Å². The predicted molar refractivity (Wildman–Crippen MR) is 72.2 cm³/mol. The third-order valence-corrected chi connectivity index (χ3v) is 2.75. The number of para-hydroxylation sites is 2. The van der Waals surface area contributed by atoms with Crippen LogP contribution in [-0.2, 0) is 0 Å². The molecule has 1 atom stereocenters. The fourth-order valence-corrected chi connectivity index (χ4v) is 1.86. The van der Waals surface area contributed by atoms with Crippen molar-refractivity contribution in [2.24, 2.45) is 5.73 Å². The summed E-state index contributed by atoms with van der Waals surface area (Å²) in [6, 6.07) is 9.58. The Labute approximate surface area is 114 Å². The maximum Gasteiger partial charge on any atom is 0.311 e. The average molecular weight is 276 g/mol. The molecule has 2 rings (SSSR count). The first-order valence-electron chi connectivity index (χ1n) is 5.96. The van der Waals surface area contributed by atoms with E-state index in [0.29, 0.717) is 0 Å². The molecule has 0 aliphatic heterocycles. The van der Waals surface area contributed by atoms with E-state index in [9.17, 15) is 14.5 Å². The van der Waals surface area contributed by atoms with Gasteiger partial charge >= 0.3 is 5.69 Å². The summed E-state index contributed by atoms with van der Waals surface area (Å²) in [7, 11) is 0. The van der Waals surface area contributed by atoms with Crippen molar-refractivity contribution in [1.29, 1.82) is 0 Å². The molecular formula is C14H13FN2O3. The first kappa shape index (κ1) is 14.0. The first-order valence-corrected chi connectivity index (χ1v) is 5.96. The van der Waals surface area contributed by atoms with E-state index >= 15 is 0 Å². The Morgan fingerprint density at radius 3 is 2.50 bits per heavy atom. The van der Waals surface area contributed by atoms with E-state index in [1.807, 2.05) is 0 Å². The zero-order valence-corrected chi connectivity index (χ0v) is 10.7. The molecule has 0 radical (unpaired) electrons. The van der Waals surface area contributed by atoms with Crippen LogP contribution in [0.1, 0.15) is 18.5 Å². The smallest absolute Gasteiger partial charge is 0.311 e. The van der Waals surface area contributed by atoms with Gasteiger partial charge in [0.1, 0.15) is 11.6 Å². The molecule has 0 saturated carbocycles. The summed E-state index contributed by atoms with van der Waals surface area (Å²) in [4.78, 5) is 10.4. The average Bonchev–Trinajstić information content (AvgIpc) is 2.38. The molecule has 2 N–H and O–H groups in total. The number of hydrogen-bond acceptors (Lipinski definition) is 4. The summed E-state index contributed by atoms with van der Waals surface area (Å²) in [6.45, 7) is 1.62. The van der Waals surface area contributed by atoms with Crippen LogP contribution in [0.15, 0.2) is 42.5 Å². The van der Waals surface area contributed by atoms with Gasteiger partial charge in [0, 0.05) is 17.7 Å². The number of benzene rings is 2. The Bertz CT molecular complexity index is 644. The van der Waals surface area contributed by atoms with Gasteiger partial charge in [-0.15, -0.1) is 0 Å². The highest BCUT2D eigenvalue weighted by atomic mass is 19.1. The van der Waals surface area contributed by atoms with E-state index in [1.165, 1.54) is 36.4 Å². The fourth-order valence-electron chi connectivity index (χ4n) is 1.86. The summed E-state index contributed by atoms with van der Waals surface area (Å²) in [5.74, 6) is -0.282. The molecule has 0 unspecified atom stereocenters. The number of ether oxygens (including phenoxy) is 1. The molecule has 2 aromatic carbocycles. The highest BCUT2D eigenvalue weighted by Gasteiger charge is 2.19. The number of rotatable bonds is 4. The molecule has 20 heavy (non-hydrogen) atoms. The minimum Gasteiger partial charge on any atom is -0.450 e. The SMILES string of the molecule is C[C@H](N)c1c(F)cccc1Oc1ccccc1[N+](=O)[O-]. The van der Waals surface area contributed by atoms with Gasteiger partial charge in [0.05, 0.1) is 4.92 Å². The lowest BCUT2D eigenvalue weighted by molar-refractivity contribution is -0.385. The van der Waals surface area contributed by atoms with E-state index in [1.54, 1.807) is 13.0 Å². The minimum atomic E-state index is -0.589. The molecule has 0 spiro atoms. The molecule has 0 saturated heterocycles. The monoisotopic (exact) mass is 276 g/mol. The zero-order valence-electron chi connectivity index (χ0n) is 10.7. The lowest BCUT2D eigenvalue weighted by atomic mass is 10.1. The van der Waals surface area contributed by atoms with Crippen LogP contribution in [0.2, 0.25) is 0 Å². The van der Waals surface area contributed by atoms with Crippen molar-refractivity contribution in [1.82, 2.24) is 0 Å². The third kappa shape index (κ3) is 2.75. The molecule has 6 heteroatoms. The molecule has 0 amide bonds. The maximum atomic E-state index is 13.8. The van der Waals surface area contributed by atoms with Gasteiger partial charge in [-0.1, -0.05) is 18.2 Å². The van der Waals surface area contributed by atoms with Crippen LogP contribution in [-0.4, -0.2) is 4.92 Å². The number of hydrogen-bond donors (Lipinski definition) is 1. The predicted octanol–water partition coefficient (Wildman–Crippen LogP) is 3.55. The molecule has 0 aliphatic carbocycles. The Morgan fingerprint density at radius 1 is 1.20 bits per heavy atom. The highest BCUT2D eigenvalue weighted by Crippen LogP contribution is 2.35. The van der Waals surface area contributed by atoms with Crippen LogP contribution in [0.5, 0.6) is 11.5 Å². The molecule has 5 nitrogen and oxygen atoms in total. The van der Waals surface area contributed by atoms with E-state index < -0.39 is 16.8 Å². The number of nitro groups is 1. The van der Waals surface area contributed by atoms with Gasteiger partial charge in [0.2, 0.25) is 5.75 Å². The van der Waals surface area contributed by atoms with Crippen molar-refractivity contribution in [3.05, 3.63) is 64.0 Å². The molecule has 104 valence electrons. The fraction of sp³-hybridized carbons (Fsp3) is 0.143. The molecule has 0 heterocycles. The number of nitrogens with two attached hydrogens (primary N) is 1. The van der Waals surface area contributed by atoms with E-state index in [2.05, 4.69) is 0 Å². The lowest BCUT2D eigenvalue weighted by Crippen LogP contribution is -2.09. The van der Waals surface area contributed by atoms with Crippen LogP contribution in [0, 0.1) is 15.9 Å². The first-order chi connectivity index (χ1) is 9.50. The van der Waals surface area contributed by atoms with Gasteiger partial charge in [-0.25, -0.2) is 4.39 Å². The second kappa shape index (κ2) is 5.66. The Hall–Kier alpha value is -2.47. The second-order valence-electron chi connectivity index (χ2n) is 4.27. The van der Waals surface area contributed by atoms with Crippen LogP contribution in [0.4, 0.5) is 10.1 Å². The summed E-state index contributed by atoms with van der Waals surface area (Å²) >= 11 is 0. The van der Waals surface area contributed by atoms with Crippen molar-refractivity contribution < 1.29 is 14.1 Å². The molecule has 2 aromatic rings. The molecule has 0 bridgehead atoms. The summed E-state index contributed by atoms with van der Waals surface area (Å²) < 4.78 is 19.3. The topological polar surface area (TPSA) is 78.4 Å². The quantitative estimate of drug-likeness (QED) is 0.684. The zero-order chi connectivity index (χ0) is 14.7. The highest BCUT2D eigenvalue weighted by molar-refractivity contribution is 5.49. The van der Waals surface area contributed by atoms with Gasteiger partial charge in [0.25, 0.3) is 0 Å². The molecule has 0 aliphatic rings. The third-order valence-electron chi connectivity index (χ3n) is 2.75. The van der Waals surface area contributed by atoms with Crippen LogP contribution in [0.25, 0.3) is 0 Å². The van der Waals surface area contributed by atoms with Crippen molar-refractivity contribution in [2.45, 2.75) is 13.0 Å². The summed E-state index contributed by atoms with van der Waals surface area (Å²) in [6.07, 6.45) is 0. The molecule has 0 aromatic heterocycles. The molecular weight excluding hydrogens is 263 g/mol. The van der Waals surface area contributed by atoms with Gasteiger partial charge in [-0.3, -0.25) is 10.1 Å². The van der Waals surface area contributed by atoms with Gasteiger partial charge in [-0.05, 0) is 25.1 Å². The van der Waals surface area contributed by atoms with Crippen molar-refractivity contribution in [3.8, 4) is 11.5 Å². The number of nitro benzene ring substituents is 1. The van der Waals surface area contributed by atoms with Crippen LogP contribution >= 0.6 is 0 Å². The van der Waals surface area contributed by atoms with E-state index in [0.717, 1.165) is 0 Å². The normalized spacial score (nSPS) is 11.9. The van der Waals surface area contributed by atoms with Crippen molar-refractivity contribution >= 4 is 5.69 Å². The minimum absolute atomic E-state index is 0.0463. The summed E-state index contributed by atoms with van der Waals surface area (Å²) in [5, 5.41) is 10.9. The van der Waals surface area contributed by atoms with Gasteiger partial charge in [0.15, 0.2) is 0 Å². The largest absolute Gasteiger partial charge is 0.450 e. The second-order valence-corrected chi connectivity index (χ2v) is 4.27.